The lowest BCUT2D eigenvalue weighted by atomic mass is 9.80. The van der Waals surface area contributed by atoms with Crippen LogP contribution in [0.4, 0.5) is 0 Å². The van der Waals surface area contributed by atoms with Gasteiger partial charge in [-0.1, -0.05) is 0 Å². The molecule has 0 aliphatic carbocycles. The molecule has 8 heteroatoms. The maximum Gasteiger partial charge on any atom is 0.352 e. The molecule has 2 fully saturated rings. The number of nitrogens with zero attached hydrogens (tertiary/aromatic N) is 2. The Kier molecular flexibility index (Phi) is 3.89. The maximum absolute atomic E-state index is 12.2. The number of aliphatic carboxylic acids is 1. The normalized spacial score (nSPS) is 34.5. The molecule has 126 valence electrons. The molecule has 0 radical (unpaired) electrons. The van der Waals surface area contributed by atoms with Gasteiger partial charge in [0, 0.05) is 31.5 Å². The van der Waals surface area contributed by atoms with Gasteiger partial charge >= 0.3 is 5.97 Å². The molecule has 0 aromatic rings. The predicted octanol–water partition coefficient (Wildman–Crippen LogP) is -0.916. The molecule has 3 rings (SSSR count). The minimum atomic E-state index is -1.15. The summed E-state index contributed by atoms with van der Waals surface area (Å²) in [6.07, 6.45) is 0.793. The lowest BCUT2D eigenvalue weighted by Gasteiger charge is -2.44. The van der Waals surface area contributed by atoms with Gasteiger partial charge in [-0.3, -0.25) is 10.2 Å². The third kappa shape index (κ3) is 2.24. The molecule has 8 nitrogen and oxygen atoms in total. The van der Waals surface area contributed by atoms with Crippen molar-refractivity contribution in [2.24, 2.45) is 17.8 Å². The zero-order valence-electron chi connectivity index (χ0n) is 12.8. The highest BCUT2D eigenvalue weighted by Gasteiger charge is 2.58. The number of carbonyl (C=O) groups is 2. The Morgan fingerprint density at radius 1 is 1.48 bits per heavy atom. The summed E-state index contributed by atoms with van der Waals surface area (Å²) in [6, 6.07) is -0.308. The van der Waals surface area contributed by atoms with Crippen LogP contribution in [0.1, 0.15) is 13.3 Å². The molecule has 23 heavy (non-hydrogen) atoms. The highest BCUT2D eigenvalue weighted by Crippen LogP contribution is 2.48. The lowest BCUT2D eigenvalue weighted by Crippen LogP contribution is -2.61. The van der Waals surface area contributed by atoms with Crippen molar-refractivity contribution in [2.75, 3.05) is 19.7 Å². The van der Waals surface area contributed by atoms with Crippen molar-refractivity contribution in [3.05, 3.63) is 11.3 Å². The number of carbonyl (C=O) groups excluding carboxylic acids is 1. The van der Waals surface area contributed by atoms with E-state index in [0.29, 0.717) is 25.1 Å². The van der Waals surface area contributed by atoms with Gasteiger partial charge in [0.1, 0.15) is 5.70 Å². The standard InChI is InChI=1S/C15H21N3O5/c1-7(20)12-11-2-9(13(15(22)23)18(11)14(12)21)10-4-17(6-16)3-8(10)5-19/h6-8,10-12,16,19-20H,2-5H2,1H3,(H,22,23)/t7-,8?,10?,11-,12-/m1/s1. The molecule has 0 saturated carbocycles. The van der Waals surface area contributed by atoms with E-state index in [1.807, 2.05) is 0 Å². The van der Waals surface area contributed by atoms with E-state index >= 15 is 0 Å². The summed E-state index contributed by atoms with van der Waals surface area (Å²) >= 11 is 0. The maximum atomic E-state index is 12.2. The largest absolute Gasteiger partial charge is 0.477 e. The summed E-state index contributed by atoms with van der Waals surface area (Å²) in [6.45, 7) is 2.42. The second kappa shape index (κ2) is 5.61. The van der Waals surface area contributed by atoms with E-state index in [1.54, 1.807) is 11.8 Å². The van der Waals surface area contributed by atoms with Crippen molar-refractivity contribution in [1.29, 1.82) is 5.41 Å². The number of aliphatic hydroxyl groups is 2. The number of hydrogen-bond acceptors (Lipinski definition) is 5. The number of aliphatic hydroxyl groups excluding tert-OH is 2. The van der Waals surface area contributed by atoms with Crippen LogP contribution in [-0.4, -0.2) is 75.2 Å². The van der Waals surface area contributed by atoms with Crippen molar-refractivity contribution < 1.29 is 24.9 Å². The van der Waals surface area contributed by atoms with E-state index in [2.05, 4.69) is 0 Å². The SMILES string of the molecule is C[C@@H](O)[C@H]1C(=O)N2C(C(=O)O)=C(C3CN(C=N)CC3CO)C[C@H]12. The van der Waals surface area contributed by atoms with E-state index < -0.39 is 18.0 Å². The Morgan fingerprint density at radius 3 is 2.70 bits per heavy atom. The van der Waals surface area contributed by atoms with E-state index in [-0.39, 0.29) is 36.1 Å². The summed E-state index contributed by atoms with van der Waals surface area (Å²) in [5, 5.41) is 36.3. The average molecular weight is 323 g/mol. The fourth-order valence-corrected chi connectivity index (χ4v) is 4.22. The molecular weight excluding hydrogens is 302 g/mol. The lowest BCUT2D eigenvalue weighted by molar-refractivity contribution is -0.161. The average Bonchev–Trinajstić information content (AvgIpc) is 3.04. The first-order valence-corrected chi connectivity index (χ1v) is 7.73. The molecule has 3 aliphatic rings. The van der Waals surface area contributed by atoms with Gasteiger partial charge in [0.2, 0.25) is 5.91 Å². The molecule has 0 aromatic heterocycles. The van der Waals surface area contributed by atoms with Crippen molar-refractivity contribution >= 4 is 18.2 Å². The van der Waals surface area contributed by atoms with Gasteiger partial charge in [0.25, 0.3) is 0 Å². The molecule has 2 saturated heterocycles. The molecule has 0 bridgehead atoms. The molecule has 4 N–H and O–H groups in total. The Morgan fingerprint density at radius 2 is 2.17 bits per heavy atom. The van der Waals surface area contributed by atoms with E-state index in [0.717, 1.165) is 0 Å². The van der Waals surface area contributed by atoms with Gasteiger partial charge in [0.15, 0.2) is 0 Å². The summed E-state index contributed by atoms with van der Waals surface area (Å²) in [7, 11) is 0. The summed E-state index contributed by atoms with van der Waals surface area (Å²) < 4.78 is 0. The monoisotopic (exact) mass is 323 g/mol. The van der Waals surface area contributed by atoms with E-state index in [1.165, 1.54) is 11.2 Å². The number of rotatable bonds is 5. The number of carboxylic acids is 1. The second-order valence-corrected chi connectivity index (χ2v) is 6.56. The van der Waals surface area contributed by atoms with Crippen LogP contribution in [-0.2, 0) is 9.59 Å². The van der Waals surface area contributed by atoms with Crippen LogP contribution in [0.3, 0.4) is 0 Å². The van der Waals surface area contributed by atoms with E-state index in [4.69, 9.17) is 5.41 Å². The molecule has 1 amide bonds. The minimum Gasteiger partial charge on any atom is -0.477 e. The fourth-order valence-electron chi connectivity index (χ4n) is 4.22. The van der Waals surface area contributed by atoms with Crippen LogP contribution in [0.15, 0.2) is 11.3 Å². The van der Waals surface area contributed by atoms with Crippen molar-refractivity contribution in [3.63, 3.8) is 0 Å². The number of β-lactam (4-membered cyclic amide) rings is 1. The van der Waals surface area contributed by atoms with Gasteiger partial charge in [-0.05, 0) is 18.9 Å². The van der Waals surface area contributed by atoms with Crippen LogP contribution >= 0.6 is 0 Å². The Hall–Kier alpha value is -1.93. The quantitative estimate of drug-likeness (QED) is 0.295. The first-order chi connectivity index (χ1) is 10.9. The molecule has 0 aromatic carbocycles. The molecule has 0 spiro atoms. The smallest absolute Gasteiger partial charge is 0.352 e. The first kappa shape index (κ1) is 15.9. The third-order valence-electron chi connectivity index (χ3n) is 5.30. The summed E-state index contributed by atoms with van der Waals surface area (Å²) in [5.41, 5.74) is 0.662. The number of hydrogen-bond donors (Lipinski definition) is 4. The Labute approximate surface area is 133 Å². The van der Waals surface area contributed by atoms with Gasteiger partial charge in [-0.15, -0.1) is 0 Å². The van der Waals surface area contributed by atoms with Crippen LogP contribution in [0, 0.1) is 23.2 Å². The Bertz CT molecular complexity index is 588. The van der Waals surface area contributed by atoms with Gasteiger partial charge in [0.05, 0.1) is 24.4 Å². The zero-order chi connectivity index (χ0) is 16.9. The molecule has 3 aliphatic heterocycles. The first-order valence-electron chi connectivity index (χ1n) is 7.73. The minimum absolute atomic E-state index is 0.00665. The van der Waals surface area contributed by atoms with Crippen LogP contribution < -0.4 is 0 Å². The topological polar surface area (TPSA) is 125 Å². The zero-order valence-corrected chi connectivity index (χ0v) is 12.8. The van der Waals surface area contributed by atoms with Crippen molar-refractivity contribution in [1.82, 2.24) is 9.80 Å². The highest BCUT2D eigenvalue weighted by atomic mass is 16.4. The number of amides is 1. The molecular formula is C15H21N3O5. The van der Waals surface area contributed by atoms with Gasteiger partial charge in [-0.2, -0.15) is 0 Å². The number of carboxylic acid groups (broad SMARTS) is 1. The fraction of sp³-hybridized carbons (Fsp3) is 0.667. The highest BCUT2D eigenvalue weighted by molar-refractivity contribution is 5.99. The van der Waals surface area contributed by atoms with Crippen LogP contribution in [0.5, 0.6) is 0 Å². The van der Waals surface area contributed by atoms with Crippen LogP contribution in [0.25, 0.3) is 0 Å². The molecule has 3 heterocycles. The van der Waals surface area contributed by atoms with E-state index in [9.17, 15) is 24.9 Å². The number of likely N-dealkylation sites (tertiary alicyclic amines) is 1. The number of fused-ring (bicyclic) bond motifs is 1. The predicted molar refractivity (Wildman–Crippen MR) is 79.5 cm³/mol. The number of nitrogens with one attached hydrogen (secondary N) is 1. The molecule has 5 atom stereocenters. The third-order valence-corrected chi connectivity index (χ3v) is 5.30. The molecule has 2 unspecified atom stereocenters. The van der Waals surface area contributed by atoms with Crippen molar-refractivity contribution in [2.45, 2.75) is 25.5 Å². The van der Waals surface area contributed by atoms with Gasteiger partial charge < -0.3 is 25.1 Å². The van der Waals surface area contributed by atoms with Crippen LogP contribution in [0.2, 0.25) is 0 Å². The second-order valence-electron chi connectivity index (χ2n) is 6.56. The van der Waals surface area contributed by atoms with Crippen molar-refractivity contribution in [3.8, 4) is 0 Å². The summed E-state index contributed by atoms with van der Waals surface area (Å²) in [4.78, 5) is 26.9. The Balaban J connectivity index is 1.94. The van der Waals surface area contributed by atoms with Gasteiger partial charge in [-0.25, -0.2) is 4.79 Å². The summed E-state index contributed by atoms with van der Waals surface area (Å²) in [5.74, 6) is -2.40.